The van der Waals surface area contributed by atoms with E-state index in [2.05, 4.69) is 0 Å². The molecule has 1 aromatic heterocycles. The normalized spacial score (nSPS) is 23.7. The number of halogens is 1. The van der Waals surface area contributed by atoms with Crippen LogP contribution in [0.5, 0.6) is 0 Å². The highest BCUT2D eigenvalue weighted by Gasteiger charge is 2.40. The van der Waals surface area contributed by atoms with Crippen molar-refractivity contribution in [1.82, 2.24) is 0 Å². The molecule has 4 rings (SSSR count). The zero-order valence-corrected chi connectivity index (χ0v) is 16.1. The Kier molecular flexibility index (Phi) is 5.17. The van der Waals surface area contributed by atoms with Crippen LogP contribution in [0.15, 0.2) is 18.2 Å². The summed E-state index contributed by atoms with van der Waals surface area (Å²) in [4.78, 5) is 25.0. The lowest BCUT2D eigenvalue weighted by molar-refractivity contribution is -0.146. The monoisotopic (exact) mass is 390 g/mol. The summed E-state index contributed by atoms with van der Waals surface area (Å²) >= 11 is 1.17. The second kappa shape index (κ2) is 7.58. The second-order valence-corrected chi connectivity index (χ2v) is 8.60. The van der Waals surface area contributed by atoms with Crippen LogP contribution in [0.2, 0.25) is 0 Å². The van der Waals surface area contributed by atoms with Gasteiger partial charge in [-0.2, -0.15) is 0 Å². The fourth-order valence-electron chi connectivity index (χ4n) is 4.72. The van der Waals surface area contributed by atoms with Gasteiger partial charge in [0, 0.05) is 22.1 Å². The van der Waals surface area contributed by atoms with E-state index in [0.717, 1.165) is 12.3 Å². The highest BCUT2D eigenvalue weighted by molar-refractivity contribution is 7.21. The molecular formula is C21H23FO4S. The van der Waals surface area contributed by atoms with Crippen LogP contribution in [0.3, 0.4) is 0 Å². The van der Waals surface area contributed by atoms with Crippen LogP contribution in [-0.2, 0) is 20.9 Å². The van der Waals surface area contributed by atoms with Crippen molar-refractivity contribution in [3.63, 3.8) is 0 Å². The van der Waals surface area contributed by atoms with Gasteiger partial charge < -0.3 is 9.47 Å². The summed E-state index contributed by atoms with van der Waals surface area (Å²) < 4.78 is 25.6. The topological polar surface area (TPSA) is 52.6 Å². The maximum Gasteiger partial charge on any atom is 0.348 e. The number of carbonyl (C=O) groups is 2. The quantitative estimate of drug-likeness (QED) is 0.645. The average molecular weight is 390 g/mol. The third-order valence-electron chi connectivity index (χ3n) is 5.91. The van der Waals surface area contributed by atoms with Gasteiger partial charge in [-0.25, -0.2) is 9.18 Å². The molecule has 6 heteroatoms. The maximum absolute atomic E-state index is 14.4. The zero-order valence-electron chi connectivity index (χ0n) is 15.3. The highest BCUT2D eigenvalue weighted by atomic mass is 32.1. The Hall–Kier alpha value is -1.95. The number of ether oxygens (including phenoxy) is 2. The van der Waals surface area contributed by atoms with Gasteiger partial charge in [0.2, 0.25) is 0 Å². The van der Waals surface area contributed by atoms with E-state index in [0.29, 0.717) is 38.8 Å². The SMILES string of the molecule is CCOC(=O)c1sc2cccc(F)c2c1COC(=O)C[C@@H]1C[C@H]2CC[C@@H]1C2. The maximum atomic E-state index is 14.4. The molecule has 0 N–H and O–H groups in total. The van der Waals surface area contributed by atoms with Gasteiger partial charge >= 0.3 is 11.9 Å². The van der Waals surface area contributed by atoms with Gasteiger partial charge in [0.1, 0.15) is 17.3 Å². The molecule has 2 aliphatic rings. The number of hydrogen-bond acceptors (Lipinski definition) is 5. The first-order chi connectivity index (χ1) is 13.1. The summed E-state index contributed by atoms with van der Waals surface area (Å²) in [5.41, 5.74) is 0.410. The molecule has 144 valence electrons. The molecular weight excluding hydrogens is 367 g/mol. The molecule has 0 aliphatic heterocycles. The van der Waals surface area contributed by atoms with Crippen molar-refractivity contribution in [1.29, 1.82) is 0 Å². The van der Waals surface area contributed by atoms with Gasteiger partial charge in [-0.3, -0.25) is 4.79 Å². The van der Waals surface area contributed by atoms with Crippen molar-refractivity contribution >= 4 is 33.4 Å². The van der Waals surface area contributed by atoms with Gasteiger partial charge in [0.05, 0.1) is 6.61 Å². The number of thiophene rings is 1. The number of fused-ring (bicyclic) bond motifs is 3. The van der Waals surface area contributed by atoms with Crippen molar-refractivity contribution in [3.8, 4) is 0 Å². The van der Waals surface area contributed by atoms with Crippen LogP contribution in [0.25, 0.3) is 10.1 Å². The fourth-order valence-corrected chi connectivity index (χ4v) is 5.83. The fraction of sp³-hybridized carbons (Fsp3) is 0.524. The molecule has 0 unspecified atom stereocenters. The Labute approximate surface area is 161 Å². The first kappa shape index (κ1) is 18.4. The first-order valence-electron chi connectivity index (χ1n) is 9.59. The van der Waals surface area contributed by atoms with E-state index in [1.165, 1.54) is 36.7 Å². The molecule has 1 aromatic carbocycles. The van der Waals surface area contributed by atoms with Crippen molar-refractivity contribution in [3.05, 3.63) is 34.5 Å². The number of hydrogen-bond donors (Lipinski definition) is 0. The number of esters is 2. The van der Waals surface area contributed by atoms with Crippen molar-refractivity contribution in [2.45, 2.75) is 45.6 Å². The Morgan fingerprint density at radius 2 is 2.07 bits per heavy atom. The van der Waals surface area contributed by atoms with Gasteiger partial charge in [-0.05, 0) is 56.1 Å². The summed E-state index contributed by atoms with van der Waals surface area (Å²) in [5.74, 6) is 0.653. The third kappa shape index (κ3) is 3.59. The van der Waals surface area contributed by atoms with Gasteiger partial charge in [0.15, 0.2) is 0 Å². The summed E-state index contributed by atoms with van der Waals surface area (Å²) in [6.45, 7) is 1.86. The van der Waals surface area contributed by atoms with Crippen molar-refractivity contribution < 1.29 is 23.5 Å². The molecule has 2 saturated carbocycles. The predicted molar refractivity (Wildman–Crippen MR) is 101 cm³/mol. The lowest BCUT2D eigenvalue weighted by Crippen LogP contribution is -2.17. The van der Waals surface area contributed by atoms with Crippen LogP contribution >= 0.6 is 11.3 Å². The summed E-state index contributed by atoms with van der Waals surface area (Å²) in [6.07, 6.45) is 5.28. The average Bonchev–Trinajstić information content (AvgIpc) is 3.34. The number of carbonyl (C=O) groups excluding carboxylic acids is 2. The molecule has 2 aromatic rings. The Morgan fingerprint density at radius 3 is 2.78 bits per heavy atom. The molecule has 2 bridgehead atoms. The minimum Gasteiger partial charge on any atom is -0.462 e. The van der Waals surface area contributed by atoms with Crippen LogP contribution in [0, 0.1) is 23.6 Å². The Balaban J connectivity index is 1.51. The smallest absolute Gasteiger partial charge is 0.348 e. The van der Waals surface area contributed by atoms with E-state index in [1.54, 1.807) is 19.1 Å². The molecule has 0 radical (unpaired) electrons. The minimum absolute atomic E-state index is 0.102. The molecule has 1 heterocycles. The van der Waals surface area contributed by atoms with E-state index in [1.807, 2.05) is 0 Å². The molecule has 0 amide bonds. The largest absolute Gasteiger partial charge is 0.462 e. The van der Waals surface area contributed by atoms with Gasteiger partial charge in [-0.1, -0.05) is 12.5 Å². The predicted octanol–water partition coefficient (Wildman–Crippen LogP) is 5.09. The lowest BCUT2D eigenvalue weighted by Gasteiger charge is -2.20. The Morgan fingerprint density at radius 1 is 1.22 bits per heavy atom. The van der Waals surface area contributed by atoms with Crippen LogP contribution in [0.1, 0.15) is 54.3 Å². The third-order valence-corrected chi connectivity index (χ3v) is 7.09. The first-order valence-corrected chi connectivity index (χ1v) is 10.4. The number of benzene rings is 1. The standard InChI is InChI=1S/C21H23FO4S/c1-2-25-21(24)20-15(19-16(22)4-3-5-17(19)27-20)11-26-18(23)10-14-9-12-6-7-13(14)8-12/h3-5,12-14H,2,6-11H2,1H3/t12-,13+,14-/m0/s1. The second-order valence-electron chi connectivity index (χ2n) is 7.54. The Bertz CT molecular complexity index is 874. The molecule has 3 atom stereocenters. The van der Waals surface area contributed by atoms with E-state index < -0.39 is 11.8 Å². The molecule has 0 spiro atoms. The molecule has 2 fully saturated rings. The summed E-state index contributed by atoms with van der Waals surface area (Å²) in [7, 11) is 0. The van der Waals surface area contributed by atoms with Crippen LogP contribution in [-0.4, -0.2) is 18.5 Å². The molecule has 27 heavy (non-hydrogen) atoms. The zero-order chi connectivity index (χ0) is 19.0. The molecule has 4 nitrogen and oxygen atoms in total. The van der Waals surface area contributed by atoms with Crippen molar-refractivity contribution in [2.75, 3.05) is 6.61 Å². The number of rotatable bonds is 6. The van der Waals surface area contributed by atoms with E-state index >= 15 is 0 Å². The van der Waals surface area contributed by atoms with Crippen molar-refractivity contribution in [2.24, 2.45) is 17.8 Å². The van der Waals surface area contributed by atoms with Crippen LogP contribution < -0.4 is 0 Å². The summed E-state index contributed by atoms with van der Waals surface area (Å²) in [6, 6.07) is 4.71. The minimum atomic E-state index is -0.503. The lowest BCUT2D eigenvalue weighted by atomic mass is 9.86. The van der Waals surface area contributed by atoms with Gasteiger partial charge in [0.25, 0.3) is 0 Å². The molecule has 2 aliphatic carbocycles. The van der Waals surface area contributed by atoms with E-state index in [9.17, 15) is 14.0 Å². The molecule has 0 saturated heterocycles. The summed E-state index contributed by atoms with van der Waals surface area (Å²) in [5, 5.41) is 0.346. The van der Waals surface area contributed by atoms with E-state index in [4.69, 9.17) is 9.47 Å². The van der Waals surface area contributed by atoms with Crippen LogP contribution in [0.4, 0.5) is 4.39 Å². The highest BCUT2D eigenvalue weighted by Crippen LogP contribution is 2.49. The van der Waals surface area contributed by atoms with Gasteiger partial charge in [-0.15, -0.1) is 11.3 Å². The van der Waals surface area contributed by atoms with E-state index in [-0.39, 0.29) is 19.2 Å².